The molecule has 2 amide bonds. The van der Waals surface area contributed by atoms with E-state index in [1.165, 1.54) is 10.8 Å². The molecule has 0 aliphatic heterocycles. The van der Waals surface area contributed by atoms with Crippen LogP contribution >= 0.6 is 0 Å². The number of aryl methyl sites for hydroxylation is 1. The number of pyridine rings is 2. The van der Waals surface area contributed by atoms with Gasteiger partial charge in [0, 0.05) is 65.9 Å². The van der Waals surface area contributed by atoms with Crippen molar-refractivity contribution in [3.63, 3.8) is 0 Å². The lowest BCUT2D eigenvalue weighted by atomic mass is 9.92. The molecule has 14 nitrogen and oxygen atoms in total. The van der Waals surface area contributed by atoms with Crippen LogP contribution in [0.15, 0.2) is 42.9 Å². The summed E-state index contributed by atoms with van der Waals surface area (Å²) in [4.78, 5) is 59.7. The number of amides is 2. The average molecular weight is 769 g/mol. The first-order valence-corrected chi connectivity index (χ1v) is 17.9. The Morgan fingerprint density at radius 2 is 1.11 bits per heavy atom. The number of ether oxygens (including phenoxy) is 2. The number of nitrogens with one attached hydrogen (secondary N) is 3. The number of oxazole rings is 2. The summed E-state index contributed by atoms with van der Waals surface area (Å²) < 4.78 is 24.1. The predicted octanol–water partition coefficient (Wildman–Crippen LogP) is 8.01. The van der Waals surface area contributed by atoms with E-state index in [-0.39, 0.29) is 42.5 Å². The molecule has 0 radical (unpaired) electrons. The molecule has 4 aromatic heterocycles. The second kappa shape index (κ2) is 16.7. The molecule has 0 aliphatic carbocycles. The SMILES string of the molecule is C.Cc1c(C)c(Oc2ccnc3[nH]c(=O)oc23)c(C)c(C(=O)NC(C)C)c1C.Cc1c(C)c(Oc2ccnc3c2oc(=O)n3C)c(C)c(C(=O)NC(C)C)c1C. The maximum Gasteiger partial charge on any atom is 0.421 e. The van der Waals surface area contributed by atoms with Gasteiger partial charge in [0.05, 0.1) is 0 Å². The summed E-state index contributed by atoms with van der Waals surface area (Å²) >= 11 is 0. The first kappa shape index (κ1) is 42.6. The number of benzene rings is 2. The van der Waals surface area contributed by atoms with E-state index in [0.29, 0.717) is 45.4 Å². The number of rotatable bonds is 8. The molecule has 6 aromatic rings. The van der Waals surface area contributed by atoms with Crippen LogP contribution in [0.1, 0.15) is 100 Å². The standard InChI is InChI=1S/C21H25N3O4.C20H23N3O4.CH4/c1-10(2)23-20(25)16-12(4)11(3)13(5)17(14(16)6)27-15-8-9-22-19-18(15)28-21(26)24(19)7;1-9(2)22-19(24)15-11(4)10(3)12(5)16(13(15)6)26-14-7-8-21-18-17(14)27-20(25)23-18;/h8-10H,1-7H3,(H,23,25);7-9H,1-6H3,(H,22,24)(H,21,23,25);1H4. The average Bonchev–Trinajstić information content (AvgIpc) is 3.64. The van der Waals surface area contributed by atoms with Crippen LogP contribution in [-0.4, -0.2) is 43.4 Å². The summed E-state index contributed by atoms with van der Waals surface area (Å²) in [5.41, 5.74) is 9.57. The minimum Gasteiger partial charge on any atom is -0.453 e. The van der Waals surface area contributed by atoms with Gasteiger partial charge in [-0.2, -0.15) is 0 Å². The topological polar surface area (TPSA) is 184 Å². The Bertz CT molecular complexity index is 2590. The number of carbonyl (C=O) groups excluding carboxylic acids is 2. The lowest BCUT2D eigenvalue weighted by Crippen LogP contribution is -2.31. The number of hydrogen-bond acceptors (Lipinski definition) is 10. The summed E-state index contributed by atoms with van der Waals surface area (Å²) in [5.74, 6) is 0.517. The highest BCUT2D eigenvalue weighted by Gasteiger charge is 2.25. The number of hydrogen-bond donors (Lipinski definition) is 3. The second-order valence-corrected chi connectivity index (χ2v) is 14.3. The largest absolute Gasteiger partial charge is 0.453 e. The molecule has 0 aliphatic rings. The van der Waals surface area contributed by atoms with Crippen LogP contribution in [0.25, 0.3) is 22.5 Å². The number of aromatic nitrogens is 4. The van der Waals surface area contributed by atoms with Gasteiger partial charge in [0.25, 0.3) is 11.8 Å². The van der Waals surface area contributed by atoms with Gasteiger partial charge in [0.1, 0.15) is 11.5 Å². The summed E-state index contributed by atoms with van der Waals surface area (Å²) in [6.45, 7) is 23.1. The first-order valence-electron chi connectivity index (χ1n) is 17.9. The number of carbonyl (C=O) groups is 2. The van der Waals surface area contributed by atoms with Crippen molar-refractivity contribution in [2.24, 2.45) is 7.05 Å². The Balaban J connectivity index is 0.000000244. The van der Waals surface area contributed by atoms with E-state index >= 15 is 0 Å². The smallest absolute Gasteiger partial charge is 0.421 e. The van der Waals surface area contributed by atoms with E-state index in [2.05, 4.69) is 25.6 Å². The molecule has 2 aromatic carbocycles. The lowest BCUT2D eigenvalue weighted by molar-refractivity contribution is 0.0932. The number of aromatic amines is 1. The molecule has 0 fully saturated rings. The van der Waals surface area contributed by atoms with Crippen LogP contribution in [0.3, 0.4) is 0 Å². The van der Waals surface area contributed by atoms with Crippen LogP contribution < -0.4 is 31.6 Å². The molecule has 56 heavy (non-hydrogen) atoms. The predicted molar refractivity (Wildman–Crippen MR) is 217 cm³/mol. The van der Waals surface area contributed by atoms with E-state index in [1.54, 1.807) is 25.4 Å². The minimum absolute atomic E-state index is 0. The van der Waals surface area contributed by atoms with Crippen molar-refractivity contribution < 1.29 is 27.9 Å². The molecule has 0 bridgehead atoms. The van der Waals surface area contributed by atoms with E-state index in [4.69, 9.17) is 18.3 Å². The van der Waals surface area contributed by atoms with Crippen molar-refractivity contribution in [3.8, 4) is 23.0 Å². The fourth-order valence-electron chi connectivity index (χ4n) is 6.50. The second-order valence-electron chi connectivity index (χ2n) is 14.3. The van der Waals surface area contributed by atoms with Gasteiger partial charge < -0.3 is 28.9 Å². The van der Waals surface area contributed by atoms with E-state index in [9.17, 15) is 19.2 Å². The summed E-state index contributed by atoms with van der Waals surface area (Å²) in [6.07, 6.45) is 3.09. The fraction of sp³-hybridized carbons (Fsp3) is 0.381. The zero-order valence-electron chi connectivity index (χ0n) is 33.6. The number of nitrogens with zero attached hydrogens (tertiary/aromatic N) is 3. The Morgan fingerprint density at radius 1 is 0.661 bits per heavy atom. The van der Waals surface area contributed by atoms with E-state index in [0.717, 1.165) is 44.5 Å². The van der Waals surface area contributed by atoms with Crippen LogP contribution in [0.4, 0.5) is 0 Å². The van der Waals surface area contributed by atoms with E-state index < -0.39 is 11.5 Å². The van der Waals surface area contributed by atoms with Gasteiger partial charge in [-0.25, -0.2) is 19.6 Å². The maximum absolute atomic E-state index is 12.8. The third kappa shape index (κ3) is 8.09. The van der Waals surface area contributed by atoms with Crippen LogP contribution in [0.2, 0.25) is 0 Å². The zero-order chi connectivity index (χ0) is 40.6. The molecule has 0 saturated heterocycles. The highest BCUT2D eigenvalue weighted by atomic mass is 16.5. The van der Waals surface area contributed by atoms with Crippen molar-refractivity contribution in [3.05, 3.63) is 101 Å². The highest BCUT2D eigenvalue weighted by molar-refractivity contribution is 5.99. The van der Waals surface area contributed by atoms with Gasteiger partial charge in [-0.3, -0.25) is 19.1 Å². The third-order valence-corrected chi connectivity index (χ3v) is 9.74. The molecule has 6 rings (SSSR count). The van der Waals surface area contributed by atoms with Gasteiger partial charge in [-0.1, -0.05) is 7.43 Å². The Kier molecular flexibility index (Phi) is 12.7. The van der Waals surface area contributed by atoms with Gasteiger partial charge in [-0.05, 0) is 116 Å². The minimum atomic E-state index is -0.598. The monoisotopic (exact) mass is 768 g/mol. The molecule has 4 heterocycles. The van der Waals surface area contributed by atoms with Crippen molar-refractivity contribution >= 4 is 34.3 Å². The molecular formula is C42H52N6O8. The summed E-state index contributed by atoms with van der Waals surface area (Å²) in [5, 5.41) is 5.89. The normalized spacial score (nSPS) is 11.1. The number of H-pyrrole nitrogens is 1. The Hall–Kier alpha value is -6.18. The lowest BCUT2D eigenvalue weighted by Gasteiger charge is -2.21. The zero-order valence-corrected chi connectivity index (χ0v) is 33.6. The highest BCUT2D eigenvalue weighted by Crippen LogP contribution is 2.39. The Labute approximate surface area is 325 Å². The van der Waals surface area contributed by atoms with Crippen LogP contribution in [0, 0.1) is 55.4 Å². The molecule has 0 atom stereocenters. The molecule has 0 spiro atoms. The summed E-state index contributed by atoms with van der Waals surface area (Å²) in [7, 11) is 1.59. The van der Waals surface area contributed by atoms with Crippen molar-refractivity contribution in [2.75, 3.05) is 0 Å². The van der Waals surface area contributed by atoms with Gasteiger partial charge >= 0.3 is 11.5 Å². The third-order valence-electron chi connectivity index (χ3n) is 9.74. The molecule has 3 N–H and O–H groups in total. The molecule has 298 valence electrons. The van der Waals surface area contributed by atoms with Crippen LogP contribution in [0.5, 0.6) is 23.0 Å². The van der Waals surface area contributed by atoms with E-state index in [1.807, 2.05) is 83.1 Å². The van der Waals surface area contributed by atoms with Crippen molar-refractivity contribution in [1.82, 2.24) is 30.2 Å². The van der Waals surface area contributed by atoms with Crippen molar-refractivity contribution in [1.29, 1.82) is 0 Å². The number of fused-ring (bicyclic) bond motifs is 2. The van der Waals surface area contributed by atoms with Gasteiger partial charge in [0.15, 0.2) is 22.8 Å². The Morgan fingerprint density at radius 3 is 1.57 bits per heavy atom. The quantitative estimate of drug-likeness (QED) is 0.137. The molecular weight excluding hydrogens is 716 g/mol. The van der Waals surface area contributed by atoms with Gasteiger partial charge in [0.2, 0.25) is 11.2 Å². The molecule has 14 heteroatoms. The first-order chi connectivity index (χ1) is 25.8. The fourth-order valence-corrected chi connectivity index (χ4v) is 6.50. The van der Waals surface area contributed by atoms with Crippen molar-refractivity contribution in [2.45, 2.75) is 103 Å². The van der Waals surface area contributed by atoms with Crippen LogP contribution in [-0.2, 0) is 7.05 Å². The van der Waals surface area contributed by atoms with Gasteiger partial charge in [-0.15, -0.1) is 0 Å². The summed E-state index contributed by atoms with van der Waals surface area (Å²) in [6, 6.07) is 3.32. The maximum atomic E-state index is 12.8. The molecule has 0 unspecified atom stereocenters. The molecule has 0 saturated carbocycles.